The molecule has 1 aliphatic heterocycles. The summed E-state index contributed by atoms with van der Waals surface area (Å²) < 4.78 is 4.65. The van der Waals surface area contributed by atoms with Crippen molar-refractivity contribution in [3.63, 3.8) is 0 Å². The molecule has 0 radical (unpaired) electrons. The van der Waals surface area contributed by atoms with Gasteiger partial charge in [0.25, 0.3) is 11.4 Å². The number of nitro groups is 2. The van der Waals surface area contributed by atoms with E-state index in [9.17, 15) is 25.0 Å². The van der Waals surface area contributed by atoms with Crippen LogP contribution in [0.3, 0.4) is 0 Å². The zero-order valence-corrected chi connectivity index (χ0v) is 17.1. The third-order valence-electron chi connectivity index (χ3n) is 5.12. The second-order valence-corrected chi connectivity index (χ2v) is 7.17. The van der Waals surface area contributed by atoms with Crippen LogP contribution in [-0.2, 0) is 11.3 Å². The molecule has 1 saturated heterocycles. The van der Waals surface area contributed by atoms with E-state index >= 15 is 0 Å². The number of nitrogens with zero attached hydrogens (tertiary/aromatic N) is 4. The van der Waals surface area contributed by atoms with Crippen LogP contribution in [0.15, 0.2) is 30.5 Å². The summed E-state index contributed by atoms with van der Waals surface area (Å²) in [6.45, 7) is 2.06. The predicted octanol–water partition coefficient (Wildman–Crippen LogP) is 3.68. The van der Waals surface area contributed by atoms with Gasteiger partial charge in [-0.2, -0.15) is 0 Å². The van der Waals surface area contributed by atoms with E-state index in [1.165, 1.54) is 12.8 Å². The molecule has 11 heteroatoms. The second-order valence-electron chi connectivity index (χ2n) is 7.17. The minimum Gasteiger partial charge on any atom is -0.465 e. The summed E-state index contributed by atoms with van der Waals surface area (Å²) >= 11 is 0. The lowest BCUT2D eigenvalue weighted by Crippen LogP contribution is -2.24. The van der Waals surface area contributed by atoms with Crippen LogP contribution in [-0.4, -0.2) is 41.0 Å². The fourth-order valence-electron chi connectivity index (χ4n) is 3.52. The highest BCUT2D eigenvalue weighted by molar-refractivity contribution is 5.99. The van der Waals surface area contributed by atoms with E-state index in [1.807, 2.05) is 12.1 Å². The number of pyridine rings is 1. The van der Waals surface area contributed by atoms with E-state index in [-0.39, 0.29) is 17.8 Å². The van der Waals surface area contributed by atoms with Crippen LogP contribution in [0.1, 0.15) is 41.6 Å². The van der Waals surface area contributed by atoms with Crippen LogP contribution in [0, 0.1) is 20.2 Å². The quantitative estimate of drug-likeness (QED) is 0.396. The number of nitro benzene ring substituents is 2. The van der Waals surface area contributed by atoms with Gasteiger partial charge < -0.3 is 15.0 Å². The van der Waals surface area contributed by atoms with Gasteiger partial charge in [0, 0.05) is 31.9 Å². The number of anilines is 2. The number of hydrogen-bond acceptors (Lipinski definition) is 9. The van der Waals surface area contributed by atoms with Gasteiger partial charge in [0.1, 0.15) is 11.5 Å². The molecule has 1 aromatic carbocycles. The molecule has 3 rings (SSSR count). The lowest BCUT2D eigenvalue weighted by atomic mass is 10.1. The molecule has 1 aliphatic rings. The van der Waals surface area contributed by atoms with Crippen LogP contribution in [0.5, 0.6) is 0 Å². The molecule has 0 spiro atoms. The van der Waals surface area contributed by atoms with Crippen molar-refractivity contribution in [3.05, 3.63) is 61.8 Å². The number of esters is 1. The number of hydrogen-bond donors (Lipinski definition) is 1. The van der Waals surface area contributed by atoms with Crippen LogP contribution >= 0.6 is 0 Å². The number of methoxy groups -OCH3 is 1. The minimum absolute atomic E-state index is 0.135. The lowest BCUT2D eigenvalue weighted by molar-refractivity contribution is -0.393. The zero-order valence-electron chi connectivity index (χ0n) is 17.1. The third-order valence-corrected chi connectivity index (χ3v) is 5.12. The van der Waals surface area contributed by atoms with Crippen LogP contribution in [0.4, 0.5) is 22.9 Å². The maximum absolute atomic E-state index is 12.1. The molecular formula is C20H23N5O6. The topological polar surface area (TPSA) is 141 Å². The minimum atomic E-state index is -0.913. The molecule has 0 amide bonds. The first kappa shape index (κ1) is 21.9. The van der Waals surface area contributed by atoms with Gasteiger partial charge in [0.15, 0.2) is 0 Å². The van der Waals surface area contributed by atoms with E-state index in [1.54, 1.807) is 6.20 Å². The summed E-state index contributed by atoms with van der Waals surface area (Å²) in [7, 11) is 1.10. The average Bonchev–Trinajstić information content (AvgIpc) is 3.06. The average molecular weight is 429 g/mol. The number of benzene rings is 1. The van der Waals surface area contributed by atoms with E-state index < -0.39 is 27.2 Å². The maximum atomic E-state index is 12.1. The molecule has 1 fully saturated rings. The summed E-state index contributed by atoms with van der Waals surface area (Å²) in [6, 6.07) is 5.53. The standard InChI is InChI=1S/C20H23N5O6/c1-31-20(26)16-10-15(24(27)28)11-17(25(29)30)19(16)22-13-14-6-7-18(21-12-14)23-8-4-2-3-5-9-23/h6-7,10-12,22H,2-5,8-9,13H2,1H3. The first-order valence-electron chi connectivity index (χ1n) is 9.89. The molecule has 0 unspecified atom stereocenters. The normalized spacial score (nSPS) is 13.9. The van der Waals surface area contributed by atoms with Crippen molar-refractivity contribution in [2.45, 2.75) is 32.2 Å². The van der Waals surface area contributed by atoms with Crippen molar-refractivity contribution in [1.29, 1.82) is 0 Å². The van der Waals surface area contributed by atoms with E-state index in [4.69, 9.17) is 0 Å². The summed E-state index contributed by atoms with van der Waals surface area (Å²) in [6.07, 6.45) is 6.36. The van der Waals surface area contributed by atoms with Gasteiger partial charge in [-0.3, -0.25) is 20.2 Å². The second kappa shape index (κ2) is 9.83. The Bertz CT molecular complexity index is 971. The van der Waals surface area contributed by atoms with Gasteiger partial charge in [-0.25, -0.2) is 9.78 Å². The fourth-order valence-corrected chi connectivity index (χ4v) is 3.52. The summed E-state index contributed by atoms with van der Waals surface area (Å²) in [5, 5.41) is 25.5. The molecule has 1 N–H and O–H groups in total. The van der Waals surface area contributed by atoms with Crippen molar-refractivity contribution in [1.82, 2.24) is 4.98 Å². The molecule has 0 aliphatic carbocycles. The monoisotopic (exact) mass is 429 g/mol. The highest BCUT2D eigenvalue weighted by Crippen LogP contribution is 2.34. The Morgan fingerprint density at radius 2 is 1.84 bits per heavy atom. The number of rotatable bonds is 7. The Kier molecular flexibility index (Phi) is 6.96. The summed E-state index contributed by atoms with van der Waals surface area (Å²) in [5.41, 5.74) is -0.830. The predicted molar refractivity (Wildman–Crippen MR) is 113 cm³/mol. The summed E-state index contributed by atoms with van der Waals surface area (Å²) in [5.74, 6) is -0.0360. The van der Waals surface area contributed by atoms with Crippen molar-refractivity contribution in [3.8, 4) is 0 Å². The van der Waals surface area contributed by atoms with Gasteiger partial charge in [0.2, 0.25) is 0 Å². The van der Waals surface area contributed by atoms with Gasteiger partial charge in [-0.15, -0.1) is 0 Å². The Morgan fingerprint density at radius 3 is 2.39 bits per heavy atom. The number of aromatic nitrogens is 1. The Labute approximate surface area is 178 Å². The van der Waals surface area contributed by atoms with Crippen molar-refractivity contribution in [2.75, 3.05) is 30.4 Å². The zero-order chi connectivity index (χ0) is 22.4. The number of carbonyl (C=O) groups is 1. The molecule has 0 saturated carbocycles. The molecular weight excluding hydrogens is 406 g/mol. The first-order valence-corrected chi connectivity index (χ1v) is 9.89. The molecule has 164 valence electrons. The van der Waals surface area contributed by atoms with E-state index in [0.717, 1.165) is 56.6 Å². The van der Waals surface area contributed by atoms with E-state index in [0.29, 0.717) is 0 Å². The maximum Gasteiger partial charge on any atom is 0.340 e. The lowest BCUT2D eigenvalue weighted by Gasteiger charge is -2.21. The van der Waals surface area contributed by atoms with Gasteiger partial charge in [0.05, 0.1) is 28.6 Å². The highest BCUT2D eigenvalue weighted by atomic mass is 16.6. The smallest absolute Gasteiger partial charge is 0.340 e. The first-order chi connectivity index (χ1) is 14.9. The molecule has 2 heterocycles. The molecule has 1 aromatic heterocycles. The molecule has 31 heavy (non-hydrogen) atoms. The van der Waals surface area contributed by atoms with Crippen LogP contribution in [0.2, 0.25) is 0 Å². The molecule has 2 aromatic rings. The molecule has 0 bridgehead atoms. The van der Waals surface area contributed by atoms with Crippen molar-refractivity contribution < 1.29 is 19.4 Å². The van der Waals surface area contributed by atoms with Crippen LogP contribution < -0.4 is 10.2 Å². The Morgan fingerprint density at radius 1 is 1.13 bits per heavy atom. The largest absolute Gasteiger partial charge is 0.465 e. The number of carbonyl (C=O) groups excluding carboxylic acids is 1. The summed E-state index contributed by atoms with van der Waals surface area (Å²) in [4.78, 5) is 39.9. The van der Waals surface area contributed by atoms with Crippen molar-refractivity contribution >= 4 is 28.8 Å². The van der Waals surface area contributed by atoms with Gasteiger partial charge >= 0.3 is 5.97 Å². The SMILES string of the molecule is COC(=O)c1cc([N+](=O)[O-])cc([N+](=O)[O-])c1NCc1ccc(N2CCCCCC2)nc1. The Hall–Kier alpha value is -3.76. The molecule has 11 nitrogen and oxygen atoms in total. The number of nitrogens with one attached hydrogen (secondary N) is 1. The fraction of sp³-hybridized carbons (Fsp3) is 0.400. The Balaban J connectivity index is 1.83. The number of non-ortho nitro benzene ring substituents is 1. The van der Waals surface area contributed by atoms with Gasteiger partial charge in [-0.1, -0.05) is 18.9 Å². The third kappa shape index (κ3) is 5.24. The van der Waals surface area contributed by atoms with Gasteiger partial charge in [-0.05, 0) is 24.5 Å². The highest BCUT2D eigenvalue weighted by Gasteiger charge is 2.28. The number of ether oxygens (including phenoxy) is 1. The van der Waals surface area contributed by atoms with Crippen LogP contribution in [0.25, 0.3) is 0 Å². The van der Waals surface area contributed by atoms with E-state index in [2.05, 4.69) is 19.9 Å². The molecule has 0 atom stereocenters. The van der Waals surface area contributed by atoms with Crippen molar-refractivity contribution in [2.24, 2.45) is 0 Å².